The predicted molar refractivity (Wildman–Crippen MR) is 133 cm³/mol. The Morgan fingerprint density at radius 2 is 1.83 bits per heavy atom. The van der Waals surface area contributed by atoms with Gasteiger partial charge in [-0.3, -0.25) is 9.59 Å². The summed E-state index contributed by atoms with van der Waals surface area (Å²) in [6.07, 6.45) is 3.51. The van der Waals surface area contributed by atoms with Crippen molar-refractivity contribution in [3.05, 3.63) is 70.8 Å². The SMILES string of the molecule is C/C=C1\c2ccc(CNC(=O)Cc3ccc(SC(F)(F)F)cc3)cc2CN1C(CCC=O)C(=O)NC. The number of hydrogen-bond donors (Lipinski definition) is 2. The summed E-state index contributed by atoms with van der Waals surface area (Å²) in [6, 6.07) is 11.1. The Labute approximate surface area is 212 Å². The molecule has 0 spiro atoms. The molecule has 6 nitrogen and oxygen atoms in total. The van der Waals surface area contributed by atoms with Crippen molar-refractivity contribution in [1.82, 2.24) is 15.5 Å². The summed E-state index contributed by atoms with van der Waals surface area (Å²) in [5.74, 6) is -0.391. The maximum absolute atomic E-state index is 12.5. The van der Waals surface area contributed by atoms with E-state index in [-0.39, 0.29) is 41.3 Å². The average Bonchev–Trinajstić information content (AvgIpc) is 3.20. The van der Waals surface area contributed by atoms with Crippen molar-refractivity contribution < 1.29 is 27.6 Å². The molecule has 2 aromatic carbocycles. The fraction of sp³-hybridized carbons (Fsp3) is 0.346. The lowest BCUT2D eigenvalue weighted by molar-refractivity contribution is -0.125. The summed E-state index contributed by atoms with van der Waals surface area (Å²) in [4.78, 5) is 37.9. The van der Waals surface area contributed by atoms with E-state index in [1.165, 1.54) is 24.3 Å². The number of carbonyl (C=O) groups is 3. The van der Waals surface area contributed by atoms with Gasteiger partial charge in [-0.1, -0.05) is 36.4 Å². The average molecular weight is 520 g/mol. The van der Waals surface area contributed by atoms with Gasteiger partial charge < -0.3 is 20.3 Å². The van der Waals surface area contributed by atoms with E-state index in [9.17, 15) is 27.6 Å². The van der Waals surface area contributed by atoms with Crippen molar-refractivity contribution in [3.63, 3.8) is 0 Å². The number of carbonyl (C=O) groups excluding carboxylic acids is 3. The number of allylic oxidation sites excluding steroid dienone is 1. The Bertz CT molecular complexity index is 1130. The van der Waals surface area contributed by atoms with Crippen LogP contribution in [0.3, 0.4) is 0 Å². The molecule has 0 aromatic heterocycles. The van der Waals surface area contributed by atoms with E-state index in [2.05, 4.69) is 10.6 Å². The molecule has 0 bridgehead atoms. The van der Waals surface area contributed by atoms with Crippen LogP contribution in [0.15, 0.2) is 53.4 Å². The van der Waals surface area contributed by atoms with Crippen LogP contribution < -0.4 is 10.6 Å². The topological polar surface area (TPSA) is 78.5 Å². The van der Waals surface area contributed by atoms with Crippen LogP contribution >= 0.6 is 11.8 Å². The number of amides is 2. The minimum absolute atomic E-state index is 0.0585. The lowest BCUT2D eigenvalue weighted by Crippen LogP contribution is -2.43. The van der Waals surface area contributed by atoms with Crippen LogP contribution in [-0.2, 0) is 33.9 Å². The van der Waals surface area contributed by atoms with Gasteiger partial charge in [-0.25, -0.2) is 0 Å². The lowest BCUT2D eigenvalue weighted by atomic mass is 10.0. The zero-order valence-electron chi connectivity index (χ0n) is 20.0. The third-order valence-electron chi connectivity index (χ3n) is 5.86. The number of thioether (sulfide) groups is 1. The van der Waals surface area contributed by atoms with Gasteiger partial charge in [0.05, 0.1) is 6.42 Å². The smallest absolute Gasteiger partial charge is 0.357 e. The Morgan fingerprint density at radius 1 is 1.14 bits per heavy atom. The molecule has 36 heavy (non-hydrogen) atoms. The van der Waals surface area contributed by atoms with Gasteiger partial charge in [0.15, 0.2) is 0 Å². The number of nitrogens with zero attached hydrogens (tertiary/aromatic N) is 1. The monoisotopic (exact) mass is 519 g/mol. The van der Waals surface area contributed by atoms with Crippen molar-refractivity contribution in [2.75, 3.05) is 7.05 Å². The molecule has 0 fully saturated rings. The Morgan fingerprint density at radius 3 is 2.44 bits per heavy atom. The number of hydrogen-bond acceptors (Lipinski definition) is 5. The largest absolute Gasteiger partial charge is 0.446 e. The zero-order chi connectivity index (χ0) is 26.3. The van der Waals surface area contributed by atoms with E-state index in [1.54, 1.807) is 7.05 Å². The van der Waals surface area contributed by atoms with E-state index in [0.717, 1.165) is 28.7 Å². The third kappa shape index (κ3) is 7.13. The number of fused-ring (bicyclic) bond motifs is 1. The highest BCUT2D eigenvalue weighted by molar-refractivity contribution is 8.00. The molecule has 0 saturated carbocycles. The highest BCUT2D eigenvalue weighted by Crippen LogP contribution is 2.37. The Kier molecular flexibility index (Phi) is 9.19. The van der Waals surface area contributed by atoms with Crippen LogP contribution in [0.2, 0.25) is 0 Å². The Balaban J connectivity index is 1.62. The molecule has 0 aliphatic carbocycles. The highest BCUT2D eigenvalue weighted by atomic mass is 32.2. The van der Waals surface area contributed by atoms with Gasteiger partial charge >= 0.3 is 5.51 Å². The molecule has 0 radical (unpaired) electrons. The van der Waals surface area contributed by atoms with Crippen LogP contribution in [0.1, 0.15) is 42.0 Å². The molecule has 3 rings (SSSR count). The molecule has 2 aromatic rings. The summed E-state index contributed by atoms with van der Waals surface area (Å²) in [5.41, 5.74) is 0.111. The number of aldehydes is 1. The second-order valence-electron chi connectivity index (χ2n) is 8.31. The van der Waals surface area contributed by atoms with Gasteiger partial charge in [-0.2, -0.15) is 13.2 Å². The first-order valence-corrected chi connectivity index (χ1v) is 12.3. The van der Waals surface area contributed by atoms with E-state index < -0.39 is 11.6 Å². The zero-order valence-corrected chi connectivity index (χ0v) is 20.8. The second-order valence-corrected chi connectivity index (χ2v) is 9.45. The molecule has 1 aliphatic rings. The lowest BCUT2D eigenvalue weighted by Gasteiger charge is -2.29. The Hall–Kier alpha value is -3.27. The van der Waals surface area contributed by atoms with Crippen LogP contribution in [0.25, 0.3) is 5.70 Å². The normalized spacial score (nSPS) is 14.9. The molecule has 1 heterocycles. The van der Waals surface area contributed by atoms with Gasteiger partial charge in [-0.05, 0) is 53.9 Å². The van der Waals surface area contributed by atoms with Crippen molar-refractivity contribution >= 4 is 35.6 Å². The number of nitrogens with one attached hydrogen (secondary N) is 2. The minimum Gasteiger partial charge on any atom is -0.357 e. The van der Waals surface area contributed by atoms with Gasteiger partial charge in [0.1, 0.15) is 12.3 Å². The first-order valence-electron chi connectivity index (χ1n) is 11.5. The molecule has 1 atom stereocenters. The van der Waals surface area contributed by atoms with E-state index >= 15 is 0 Å². The maximum atomic E-state index is 12.5. The molecule has 2 amide bonds. The van der Waals surface area contributed by atoms with E-state index in [1.807, 2.05) is 36.1 Å². The van der Waals surface area contributed by atoms with Crippen LogP contribution in [0.4, 0.5) is 13.2 Å². The van der Waals surface area contributed by atoms with Crippen molar-refractivity contribution in [1.29, 1.82) is 0 Å². The standard InChI is InChI=1S/C26H28F3N3O3S/c1-3-22-21-11-8-18(13-19(21)16-32(22)23(5-4-12-33)25(35)30-2)15-31-24(34)14-17-6-9-20(10-7-17)36-26(27,28)29/h3,6-13,23H,4-5,14-16H2,1-2H3,(H,30,35)(H,31,34)/b22-3+. The summed E-state index contributed by atoms with van der Waals surface area (Å²) in [5, 5.41) is 5.53. The third-order valence-corrected chi connectivity index (χ3v) is 6.60. The summed E-state index contributed by atoms with van der Waals surface area (Å²) < 4.78 is 37.4. The maximum Gasteiger partial charge on any atom is 0.446 e. The van der Waals surface area contributed by atoms with Crippen molar-refractivity contribution in [3.8, 4) is 0 Å². The summed E-state index contributed by atoms with van der Waals surface area (Å²) >= 11 is -0.190. The first kappa shape index (κ1) is 27.3. The van der Waals surface area contributed by atoms with Crippen LogP contribution in [-0.4, -0.2) is 41.6 Å². The van der Waals surface area contributed by atoms with Gasteiger partial charge in [0, 0.05) is 42.7 Å². The van der Waals surface area contributed by atoms with E-state index in [4.69, 9.17) is 0 Å². The van der Waals surface area contributed by atoms with Gasteiger partial charge in [0.2, 0.25) is 11.8 Å². The fourth-order valence-electron chi connectivity index (χ4n) is 4.24. The quantitative estimate of drug-likeness (QED) is 0.359. The molecule has 1 aliphatic heterocycles. The van der Waals surface area contributed by atoms with Crippen LogP contribution in [0.5, 0.6) is 0 Å². The van der Waals surface area contributed by atoms with Crippen LogP contribution in [0, 0.1) is 0 Å². The van der Waals surface area contributed by atoms with E-state index in [0.29, 0.717) is 25.1 Å². The van der Waals surface area contributed by atoms with Gasteiger partial charge in [0.25, 0.3) is 0 Å². The predicted octanol–water partition coefficient (Wildman–Crippen LogP) is 4.43. The molecule has 192 valence electrons. The highest BCUT2D eigenvalue weighted by Gasteiger charge is 2.33. The summed E-state index contributed by atoms with van der Waals surface area (Å²) in [7, 11) is 1.57. The molecule has 10 heteroatoms. The number of rotatable bonds is 10. The number of likely N-dealkylation sites (N-methyl/N-ethyl adjacent to an activating group) is 1. The van der Waals surface area contributed by atoms with Gasteiger partial charge in [-0.15, -0.1) is 0 Å². The molecule has 2 N–H and O–H groups in total. The van der Waals surface area contributed by atoms with Crippen molar-refractivity contribution in [2.45, 2.75) is 55.7 Å². The molecular weight excluding hydrogens is 491 g/mol. The number of alkyl halides is 3. The molecule has 0 saturated heterocycles. The first-order chi connectivity index (χ1) is 17.1. The van der Waals surface area contributed by atoms with Crippen molar-refractivity contribution in [2.24, 2.45) is 0 Å². The number of benzene rings is 2. The minimum atomic E-state index is -4.35. The molecular formula is C26H28F3N3O3S. The number of halogens is 3. The summed E-state index contributed by atoms with van der Waals surface area (Å²) in [6.45, 7) is 2.71. The second kappa shape index (κ2) is 12.1. The molecule has 1 unspecified atom stereocenters. The fourth-order valence-corrected chi connectivity index (χ4v) is 4.78.